The molecule has 1 N–H and O–H groups in total. The Morgan fingerprint density at radius 2 is 1.62 bits per heavy atom. The van der Waals surface area contributed by atoms with Crippen LogP contribution in [0.4, 0.5) is 11.4 Å². The summed E-state index contributed by atoms with van der Waals surface area (Å²) in [5, 5.41) is 0. The van der Waals surface area contributed by atoms with Gasteiger partial charge in [0.2, 0.25) is 5.91 Å². The summed E-state index contributed by atoms with van der Waals surface area (Å²) in [6.07, 6.45) is 0.205. The third-order valence-corrected chi connectivity index (χ3v) is 6.12. The van der Waals surface area contributed by atoms with Crippen molar-refractivity contribution in [3.63, 3.8) is 0 Å². The lowest BCUT2D eigenvalue weighted by Gasteiger charge is -2.35. The van der Waals surface area contributed by atoms with Gasteiger partial charge >= 0.3 is 5.97 Å². The van der Waals surface area contributed by atoms with Gasteiger partial charge in [-0.3, -0.25) is 9.59 Å². The molecule has 4 rings (SSSR count). The molecule has 2 aromatic carbocycles. The molecule has 0 aliphatic carbocycles. The van der Waals surface area contributed by atoms with Crippen molar-refractivity contribution in [2.75, 3.05) is 49.7 Å². The molecule has 0 spiro atoms. The van der Waals surface area contributed by atoms with Gasteiger partial charge < -0.3 is 19.3 Å². The van der Waals surface area contributed by atoms with Crippen molar-refractivity contribution in [2.45, 2.75) is 19.4 Å². The summed E-state index contributed by atoms with van der Waals surface area (Å²) < 4.78 is 10.2. The minimum Gasteiger partial charge on any atom is -0.497 e. The topological polar surface area (TPSA) is 80.6 Å². The van der Waals surface area contributed by atoms with Gasteiger partial charge in [-0.2, -0.15) is 0 Å². The number of quaternary nitrogens is 1. The first-order valence-corrected chi connectivity index (χ1v) is 10.9. The van der Waals surface area contributed by atoms with Crippen molar-refractivity contribution in [3.8, 4) is 5.75 Å². The number of nitrogens with one attached hydrogen (secondary N) is 1. The minimum absolute atomic E-state index is 0.174. The molecule has 0 radical (unpaired) electrons. The van der Waals surface area contributed by atoms with E-state index in [0.29, 0.717) is 17.9 Å². The van der Waals surface area contributed by atoms with E-state index in [2.05, 4.69) is 4.90 Å². The Kier molecular flexibility index (Phi) is 6.41. The molecule has 2 aromatic rings. The molecular formula is C24H28N3O5+. The monoisotopic (exact) mass is 438 g/mol. The SMILES string of the molecule is CCOC(=O)c1ccc(N2C(=O)C[C@H]([NH+]3CCN(c4ccc(OC)cc4)CC3)C2=O)cc1. The zero-order chi connectivity index (χ0) is 22.7. The summed E-state index contributed by atoms with van der Waals surface area (Å²) in [7, 11) is 1.65. The maximum atomic E-state index is 13.1. The number of methoxy groups -OCH3 is 1. The van der Waals surface area contributed by atoms with Gasteiger partial charge in [-0.25, -0.2) is 9.69 Å². The number of imide groups is 1. The van der Waals surface area contributed by atoms with Crippen LogP contribution in [-0.4, -0.2) is 63.7 Å². The van der Waals surface area contributed by atoms with Crippen LogP contribution in [0, 0.1) is 0 Å². The largest absolute Gasteiger partial charge is 0.497 e. The number of hydrogen-bond donors (Lipinski definition) is 1. The molecule has 8 nitrogen and oxygen atoms in total. The maximum absolute atomic E-state index is 13.1. The highest BCUT2D eigenvalue weighted by molar-refractivity contribution is 6.22. The Morgan fingerprint density at radius 1 is 1.00 bits per heavy atom. The zero-order valence-electron chi connectivity index (χ0n) is 18.4. The van der Waals surface area contributed by atoms with Crippen LogP contribution in [0.1, 0.15) is 23.7 Å². The van der Waals surface area contributed by atoms with Gasteiger partial charge in [0.05, 0.1) is 57.6 Å². The molecule has 8 heteroatoms. The summed E-state index contributed by atoms with van der Waals surface area (Å²) in [6.45, 7) is 5.23. The van der Waals surface area contributed by atoms with Gasteiger partial charge in [0.25, 0.3) is 5.91 Å². The number of amides is 2. The van der Waals surface area contributed by atoms with Crippen LogP contribution in [0.5, 0.6) is 5.75 Å². The Labute approximate surface area is 187 Å². The normalized spacial score (nSPS) is 19.4. The lowest BCUT2D eigenvalue weighted by atomic mass is 10.1. The number of anilines is 2. The number of piperazine rings is 1. The molecule has 168 valence electrons. The van der Waals surface area contributed by atoms with Gasteiger partial charge in [-0.15, -0.1) is 0 Å². The van der Waals surface area contributed by atoms with E-state index in [9.17, 15) is 14.4 Å². The predicted octanol–water partition coefficient (Wildman–Crippen LogP) is 0.909. The zero-order valence-corrected chi connectivity index (χ0v) is 18.4. The minimum atomic E-state index is -0.421. The van der Waals surface area contributed by atoms with Crippen LogP contribution in [0.15, 0.2) is 48.5 Å². The van der Waals surface area contributed by atoms with Gasteiger partial charge in [-0.1, -0.05) is 0 Å². The molecule has 1 atom stereocenters. The first-order chi connectivity index (χ1) is 15.5. The lowest BCUT2D eigenvalue weighted by Crippen LogP contribution is -3.19. The highest BCUT2D eigenvalue weighted by Gasteiger charge is 2.46. The molecule has 2 amide bonds. The smallest absolute Gasteiger partial charge is 0.338 e. The molecule has 0 bridgehead atoms. The average Bonchev–Trinajstić information content (AvgIpc) is 3.13. The number of carbonyl (C=O) groups is 3. The van der Waals surface area contributed by atoms with Gasteiger partial charge in [-0.05, 0) is 55.5 Å². The van der Waals surface area contributed by atoms with Crippen molar-refractivity contribution in [2.24, 2.45) is 0 Å². The van der Waals surface area contributed by atoms with Crippen LogP contribution in [0.2, 0.25) is 0 Å². The molecular weight excluding hydrogens is 410 g/mol. The van der Waals surface area contributed by atoms with Crippen molar-refractivity contribution < 1.29 is 28.8 Å². The first kappa shape index (κ1) is 21.8. The van der Waals surface area contributed by atoms with Gasteiger partial charge in [0.15, 0.2) is 6.04 Å². The van der Waals surface area contributed by atoms with E-state index in [1.54, 1.807) is 38.3 Å². The molecule has 32 heavy (non-hydrogen) atoms. The number of benzene rings is 2. The maximum Gasteiger partial charge on any atom is 0.338 e. The second kappa shape index (κ2) is 9.40. The highest BCUT2D eigenvalue weighted by atomic mass is 16.5. The Balaban J connectivity index is 1.39. The molecule has 0 unspecified atom stereocenters. The molecule has 0 saturated carbocycles. The highest BCUT2D eigenvalue weighted by Crippen LogP contribution is 2.23. The second-order valence-corrected chi connectivity index (χ2v) is 7.93. The van der Waals surface area contributed by atoms with E-state index < -0.39 is 5.97 Å². The second-order valence-electron chi connectivity index (χ2n) is 7.93. The molecule has 2 aliphatic rings. The third kappa shape index (κ3) is 4.31. The first-order valence-electron chi connectivity index (χ1n) is 10.9. The summed E-state index contributed by atoms with van der Waals surface area (Å²) in [5.41, 5.74) is 2.01. The van der Waals surface area contributed by atoms with Crippen LogP contribution in [0.25, 0.3) is 0 Å². The van der Waals surface area contributed by atoms with Gasteiger partial charge in [0, 0.05) is 5.69 Å². The summed E-state index contributed by atoms with van der Waals surface area (Å²) in [4.78, 5) is 42.3. The molecule has 2 fully saturated rings. The van der Waals surface area contributed by atoms with Crippen molar-refractivity contribution in [3.05, 3.63) is 54.1 Å². The number of carbonyl (C=O) groups excluding carboxylic acids is 3. The molecule has 0 aromatic heterocycles. The number of hydrogen-bond acceptors (Lipinski definition) is 6. The third-order valence-electron chi connectivity index (χ3n) is 6.12. The van der Waals surface area contributed by atoms with Crippen molar-refractivity contribution in [1.82, 2.24) is 0 Å². The number of esters is 1. The van der Waals surface area contributed by atoms with Crippen LogP contribution in [-0.2, 0) is 14.3 Å². The molecule has 2 heterocycles. The average molecular weight is 439 g/mol. The fourth-order valence-electron chi connectivity index (χ4n) is 4.38. The fraction of sp³-hybridized carbons (Fsp3) is 0.375. The van der Waals surface area contributed by atoms with E-state index in [1.165, 1.54) is 4.90 Å². The summed E-state index contributed by atoms with van der Waals surface area (Å²) in [6, 6.07) is 14.0. The quantitative estimate of drug-likeness (QED) is 0.534. The summed E-state index contributed by atoms with van der Waals surface area (Å²) >= 11 is 0. The summed E-state index contributed by atoms with van der Waals surface area (Å²) in [5.74, 6) is 0.0272. The van der Waals surface area contributed by atoms with E-state index in [4.69, 9.17) is 9.47 Å². The molecule has 2 aliphatic heterocycles. The van der Waals surface area contributed by atoms with Crippen LogP contribution >= 0.6 is 0 Å². The van der Waals surface area contributed by atoms with Crippen LogP contribution < -0.4 is 19.4 Å². The molecule has 2 saturated heterocycles. The van der Waals surface area contributed by atoms with E-state index in [0.717, 1.165) is 42.5 Å². The Bertz CT molecular complexity index is 982. The Hall–Kier alpha value is -3.39. The van der Waals surface area contributed by atoms with E-state index >= 15 is 0 Å². The predicted molar refractivity (Wildman–Crippen MR) is 119 cm³/mol. The van der Waals surface area contributed by atoms with Crippen LogP contribution in [0.3, 0.4) is 0 Å². The van der Waals surface area contributed by atoms with Crippen molar-refractivity contribution >= 4 is 29.2 Å². The Morgan fingerprint density at radius 3 is 2.22 bits per heavy atom. The number of rotatable bonds is 6. The van der Waals surface area contributed by atoms with E-state index in [1.807, 2.05) is 24.3 Å². The van der Waals surface area contributed by atoms with Gasteiger partial charge in [0.1, 0.15) is 5.75 Å². The fourth-order valence-corrected chi connectivity index (χ4v) is 4.38. The standard InChI is InChI=1S/C24H27N3O5/c1-3-32-24(30)17-4-6-19(7-5-17)27-22(28)16-21(23(27)29)26-14-12-25(13-15-26)18-8-10-20(31-2)11-9-18/h4-11,21H,3,12-16H2,1-2H3/p+1/t21-/m0/s1. The lowest BCUT2D eigenvalue weighted by molar-refractivity contribution is -0.915. The van der Waals surface area contributed by atoms with E-state index in [-0.39, 0.29) is 24.3 Å². The number of ether oxygens (including phenoxy) is 2. The van der Waals surface area contributed by atoms with Crippen molar-refractivity contribution in [1.29, 1.82) is 0 Å². The number of nitrogens with zero attached hydrogens (tertiary/aromatic N) is 2.